The van der Waals surface area contributed by atoms with E-state index >= 15 is 0 Å². The number of amides is 1. The molecule has 0 radical (unpaired) electrons. The minimum absolute atomic E-state index is 0.0771. The molecular weight excluding hydrogens is 480 g/mol. The van der Waals surface area contributed by atoms with E-state index in [2.05, 4.69) is 10.3 Å². The molecule has 1 atom stereocenters. The molecule has 0 fully saturated rings. The quantitative estimate of drug-likeness (QED) is 0.273. The van der Waals surface area contributed by atoms with Crippen molar-refractivity contribution in [2.45, 2.75) is 6.04 Å². The van der Waals surface area contributed by atoms with Gasteiger partial charge in [0.25, 0.3) is 5.91 Å². The number of aliphatic carboxylic acids is 1. The van der Waals surface area contributed by atoms with Crippen molar-refractivity contribution in [3.05, 3.63) is 90.8 Å². The molecule has 3 aromatic carbocycles. The number of pyridine rings is 1. The van der Waals surface area contributed by atoms with Crippen LogP contribution < -0.4 is 15.8 Å². The highest BCUT2D eigenvalue weighted by molar-refractivity contribution is 7.89. The van der Waals surface area contributed by atoms with Gasteiger partial charge in [0.1, 0.15) is 11.7 Å². The van der Waals surface area contributed by atoms with Gasteiger partial charge >= 0.3 is 5.97 Å². The van der Waals surface area contributed by atoms with E-state index in [4.69, 9.17) is 5.73 Å². The zero-order chi connectivity index (χ0) is 25.7. The van der Waals surface area contributed by atoms with E-state index in [0.717, 1.165) is 33.5 Å². The number of nitrogens with one attached hydrogen (secondary N) is 2. The van der Waals surface area contributed by atoms with E-state index in [1.807, 2.05) is 65.4 Å². The van der Waals surface area contributed by atoms with Gasteiger partial charge in [0.2, 0.25) is 10.0 Å². The Hall–Kier alpha value is -4.28. The topological polar surface area (TPSA) is 151 Å². The number of carbonyl (C=O) groups is 2. The van der Waals surface area contributed by atoms with Crippen LogP contribution in [0.25, 0.3) is 32.8 Å². The van der Waals surface area contributed by atoms with Crippen LogP contribution in [0.5, 0.6) is 0 Å². The van der Waals surface area contributed by atoms with Crippen molar-refractivity contribution < 1.29 is 23.1 Å². The zero-order valence-corrected chi connectivity index (χ0v) is 19.9. The lowest BCUT2D eigenvalue weighted by molar-refractivity contribution is -0.138. The maximum Gasteiger partial charge on any atom is 0.323 e. The first kappa shape index (κ1) is 24.8. The molecule has 5 N–H and O–H groups in total. The molecule has 0 aliphatic carbocycles. The third kappa shape index (κ3) is 5.51. The van der Waals surface area contributed by atoms with Gasteiger partial charge in [-0.25, -0.2) is 13.4 Å². The van der Waals surface area contributed by atoms with Crippen molar-refractivity contribution in [2.24, 2.45) is 5.73 Å². The molecule has 4 aromatic rings. The van der Waals surface area contributed by atoms with E-state index < -0.39 is 40.2 Å². The van der Waals surface area contributed by atoms with Crippen LogP contribution in [0, 0.1) is 0 Å². The third-order valence-corrected chi connectivity index (χ3v) is 6.85. The molecule has 0 spiro atoms. The van der Waals surface area contributed by atoms with Crippen molar-refractivity contribution in [3.8, 4) is 11.1 Å². The molecule has 1 amide bonds. The lowest BCUT2D eigenvalue weighted by Gasteiger charge is -2.15. The lowest BCUT2D eigenvalue weighted by atomic mass is 9.96. The number of nitrogens with two attached hydrogens (primary N) is 1. The molecule has 10 heteroatoms. The van der Waals surface area contributed by atoms with E-state index in [0.29, 0.717) is 5.52 Å². The lowest BCUT2D eigenvalue weighted by Crippen LogP contribution is -2.48. The number of hydrogen-bond donors (Lipinski definition) is 4. The van der Waals surface area contributed by atoms with E-state index in [-0.39, 0.29) is 5.69 Å². The van der Waals surface area contributed by atoms with Crippen LogP contribution in [0.4, 0.5) is 0 Å². The van der Waals surface area contributed by atoms with Gasteiger partial charge in [-0.2, -0.15) is 4.72 Å². The summed E-state index contributed by atoms with van der Waals surface area (Å²) in [4.78, 5) is 29.0. The predicted molar refractivity (Wildman–Crippen MR) is 139 cm³/mol. The summed E-state index contributed by atoms with van der Waals surface area (Å²) in [5.41, 5.74) is 7.66. The van der Waals surface area contributed by atoms with Crippen molar-refractivity contribution in [2.75, 3.05) is 12.3 Å². The molecule has 1 unspecified atom stereocenters. The molecule has 0 saturated carbocycles. The van der Waals surface area contributed by atoms with Gasteiger partial charge in [-0.05, 0) is 28.6 Å². The molecule has 1 aromatic heterocycles. The summed E-state index contributed by atoms with van der Waals surface area (Å²) in [6.07, 6.45) is 2.22. The fourth-order valence-electron chi connectivity index (χ4n) is 3.86. The second kappa shape index (κ2) is 10.5. The summed E-state index contributed by atoms with van der Waals surface area (Å²) in [6.45, 7) is -0.468. The highest BCUT2D eigenvalue weighted by Crippen LogP contribution is 2.33. The Morgan fingerprint density at radius 3 is 2.39 bits per heavy atom. The largest absolute Gasteiger partial charge is 0.480 e. The Kier molecular flexibility index (Phi) is 7.28. The fourth-order valence-corrected chi connectivity index (χ4v) is 4.94. The van der Waals surface area contributed by atoms with Gasteiger partial charge in [-0.3, -0.25) is 9.59 Å². The van der Waals surface area contributed by atoms with Crippen molar-refractivity contribution in [1.29, 1.82) is 0 Å². The van der Waals surface area contributed by atoms with Crippen LogP contribution in [0.2, 0.25) is 0 Å². The van der Waals surface area contributed by atoms with Crippen LogP contribution in [0.3, 0.4) is 0 Å². The number of hydrogen-bond acceptors (Lipinski definition) is 6. The first-order valence-corrected chi connectivity index (χ1v) is 12.7. The number of rotatable bonds is 9. The van der Waals surface area contributed by atoms with Crippen LogP contribution >= 0.6 is 0 Å². The number of para-hydroxylation sites is 1. The maximum absolute atomic E-state index is 12.8. The normalized spacial score (nSPS) is 12.7. The summed E-state index contributed by atoms with van der Waals surface area (Å²) >= 11 is 0. The number of carboxylic acids is 1. The molecule has 4 rings (SSSR count). The van der Waals surface area contributed by atoms with E-state index in [1.54, 1.807) is 6.07 Å². The van der Waals surface area contributed by atoms with Crippen molar-refractivity contribution >= 4 is 43.6 Å². The van der Waals surface area contributed by atoms with Crippen LogP contribution in [-0.4, -0.2) is 48.7 Å². The third-order valence-electron chi connectivity index (χ3n) is 5.57. The van der Waals surface area contributed by atoms with Crippen molar-refractivity contribution in [1.82, 2.24) is 15.0 Å². The minimum Gasteiger partial charge on any atom is -0.480 e. The summed E-state index contributed by atoms with van der Waals surface area (Å²) in [5, 5.41) is 14.8. The van der Waals surface area contributed by atoms with E-state index in [1.165, 1.54) is 12.1 Å². The van der Waals surface area contributed by atoms with Gasteiger partial charge in [-0.1, -0.05) is 72.8 Å². The highest BCUT2D eigenvalue weighted by Gasteiger charge is 2.24. The standard InChI is InChI=1S/C26H24N4O5S/c27-14-5-15-36(34,35)30-23(26(32)33)16-28-25(31)22-13-12-18-8-4-11-21(24(18)29-22)20-10-3-7-17-6-1-2-9-19(17)20/h1-14,23,30H,15-16,27H2,(H,28,31)(H,32,33). The number of sulfonamides is 1. The Morgan fingerprint density at radius 1 is 0.944 bits per heavy atom. The highest BCUT2D eigenvalue weighted by atomic mass is 32.2. The van der Waals surface area contributed by atoms with Crippen molar-refractivity contribution in [3.63, 3.8) is 0 Å². The smallest absolute Gasteiger partial charge is 0.323 e. The minimum atomic E-state index is -3.95. The second-order valence-electron chi connectivity index (χ2n) is 8.03. The van der Waals surface area contributed by atoms with Gasteiger partial charge < -0.3 is 16.2 Å². The molecule has 0 bridgehead atoms. The summed E-state index contributed by atoms with van der Waals surface area (Å²) < 4.78 is 26.1. The van der Waals surface area contributed by atoms with E-state index in [9.17, 15) is 23.1 Å². The number of fused-ring (bicyclic) bond motifs is 2. The summed E-state index contributed by atoms with van der Waals surface area (Å²) in [5.74, 6) is -2.54. The summed E-state index contributed by atoms with van der Waals surface area (Å²) in [7, 11) is -3.95. The number of nitrogens with zero attached hydrogens (tertiary/aromatic N) is 1. The summed E-state index contributed by atoms with van der Waals surface area (Å²) in [6, 6.07) is 21.5. The average molecular weight is 505 g/mol. The zero-order valence-electron chi connectivity index (χ0n) is 19.1. The first-order chi connectivity index (χ1) is 17.3. The molecule has 0 aliphatic heterocycles. The molecule has 36 heavy (non-hydrogen) atoms. The van der Waals surface area contributed by atoms with Crippen LogP contribution in [-0.2, 0) is 14.8 Å². The van der Waals surface area contributed by atoms with Gasteiger partial charge in [0.05, 0.1) is 11.3 Å². The first-order valence-electron chi connectivity index (χ1n) is 11.0. The Labute approximate surface area is 207 Å². The number of carboxylic acid groups (broad SMARTS) is 1. The Bertz CT molecular complexity index is 1580. The Morgan fingerprint density at radius 2 is 1.64 bits per heavy atom. The number of carbonyl (C=O) groups excluding carboxylic acids is 1. The van der Waals surface area contributed by atoms with Gasteiger partial charge in [0.15, 0.2) is 0 Å². The SMILES string of the molecule is NC=CCS(=O)(=O)NC(CNC(=O)c1ccc2cccc(-c3cccc4ccccc34)c2n1)C(=O)O. The number of benzene rings is 3. The Balaban J connectivity index is 1.61. The fraction of sp³-hybridized carbons (Fsp3) is 0.115. The predicted octanol–water partition coefficient (Wildman–Crippen LogP) is 2.63. The molecule has 9 nitrogen and oxygen atoms in total. The molecule has 0 saturated heterocycles. The molecule has 184 valence electrons. The second-order valence-corrected chi connectivity index (χ2v) is 9.83. The molecular formula is C26H24N4O5S. The van der Waals surface area contributed by atoms with Crippen LogP contribution in [0.1, 0.15) is 10.5 Å². The number of aromatic nitrogens is 1. The molecule has 1 heterocycles. The van der Waals surface area contributed by atoms with Crippen LogP contribution in [0.15, 0.2) is 85.1 Å². The maximum atomic E-state index is 12.8. The average Bonchev–Trinajstić information content (AvgIpc) is 2.88. The van der Waals surface area contributed by atoms with Gasteiger partial charge in [0, 0.05) is 17.5 Å². The molecule has 0 aliphatic rings. The monoisotopic (exact) mass is 504 g/mol. The van der Waals surface area contributed by atoms with Gasteiger partial charge in [-0.15, -0.1) is 0 Å².